The molecule has 0 aliphatic carbocycles. The summed E-state index contributed by atoms with van der Waals surface area (Å²) < 4.78 is 5.68. The van der Waals surface area contributed by atoms with Gasteiger partial charge < -0.3 is 4.57 Å². The molecule has 0 atom stereocenters. The van der Waals surface area contributed by atoms with Crippen LogP contribution in [-0.2, 0) is 7.05 Å². The molecule has 0 aliphatic rings. The third kappa shape index (κ3) is 1.35. The predicted octanol–water partition coefficient (Wildman–Crippen LogP) is 4.74. The number of pyridine rings is 1. The summed E-state index contributed by atoms with van der Waals surface area (Å²) >= 11 is 1.75. The molecule has 6 aromatic rings. The molecule has 0 saturated heterocycles. The number of fused-ring (bicyclic) bond motifs is 9. The zero-order chi connectivity index (χ0) is 15.8. The van der Waals surface area contributed by atoms with Crippen LogP contribution in [0.5, 0.6) is 0 Å². The van der Waals surface area contributed by atoms with Crippen LogP contribution >= 0.6 is 11.3 Å². The minimum atomic E-state index is 0.954. The molecule has 24 heavy (non-hydrogen) atoms. The number of aromatic nitrogens is 4. The quantitative estimate of drug-likeness (QED) is 0.403. The number of rotatable bonds is 0. The lowest BCUT2D eigenvalue weighted by Gasteiger charge is -1.98. The Balaban J connectivity index is 2.03. The second-order valence-electron chi connectivity index (χ2n) is 6.07. The summed E-state index contributed by atoms with van der Waals surface area (Å²) in [6.07, 6.45) is 1.97. The minimum absolute atomic E-state index is 0.954. The van der Waals surface area contributed by atoms with Gasteiger partial charge in [0.2, 0.25) is 5.78 Å². The van der Waals surface area contributed by atoms with Gasteiger partial charge in [0.05, 0.1) is 28.3 Å². The van der Waals surface area contributed by atoms with Gasteiger partial charge in [-0.15, -0.1) is 11.3 Å². The fourth-order valence-electron chi connectivity index (χ4n) is 3.70. The molecular formula is C19H12N4S. The molecule has 0 amide bonds. The maximum Gasteiger partial charge on any atom is 0.215 e. The summed E-state index contributed by atoms with van der Waals surface area (Å²) in [5, 5.41) is 2.49. The van der Waals surface area contributed by atoms with E-state index < -0.39 is 0 Å². The van der Waals surface area contributed by atoms with Crippen molar-refractivity contribution in [1.82, 2.24) is 18.9 Å². The lowest BCUT2D eigenvalue weighted by molar-refractivity contribution is 0.971. The molecule has 4 heterocycles. The molecule has 2 aromatic carbocycles. The van der Waals surface area contributed by atoms with E-state index in [9.17, 15) is 0 Å². The van der Waals surface area contributed by atoms with E-state index in [1.807, 2.05) is 12.3 Å². The van der Waals surface area contributed by atoms with E-state index in [2.05, 4.69) is 58.5 Å². The fourth-order valence-corrected chi connectivity index (χ4v) is 4.75. The molecule has 5 heteroatoms. The summed E-state index contributed by atoms with van der Waals surface area (Å²) in [4.78, 5) is 10.6. The number of thiophene rings is 1. The van der Waals surface area contributed by atoms with Crippen molar-refractivity contribution in [2.45, 2.75) is 0 Å². The van der Waals surface area contributed by atoms with Gasteiger partial charge in [-0.3, -0.25) is 4.40 Å². The van der Waals surface area contributed by atoms with Crippen molar-refractivity contribution < 1.29 is 0 Å². The first-order valence-electron chi connectivity index (χ1n) is 7.85. The van der Waals surface area contributed by atoms with Crippen molar-refractivity contribution in [3.05, 3.63) is 54.7 Å². The smallest absolute Gasteiger partial charge is 0.215 e. The van der Waals surface area contributed by atoms with E-state index in [0.717, 1.165) is 27.2 Å². The SMILES string of the molecule is Cn1c2cnc3sc4ccccc4c3c2n2c3ccccc3nc12. The topological polar surface area (TPSA) is 35.1 Å². The van der Waals surface area contributed by atoms with Crippen molar-refractivity contribution in [3.63, 3.8) is 0 Å². The second kappa shape index (κ2) is 4.13. The van der Waals surface area contributed by atoms with Crippen molar-refractivity contribution >= 4 is 59.5 Å². The standard InChI is InChI=1S/C19H12N4S/c1-22-14-10-20-18-16(11-6-2-5-9-15(11)24-18)17(14)23-13-8-4-3-7-12(13)21-19(22)23/h2-10H,1H3. The Morgan fingerprint density at radius 2 is 1.79 bits per heavy atom. The zero-order valence-corrected chi connectivity index (χ0v) is 13.7. The van der Waals surface area contributed by atoms with E-state index in [4.69, 9.17) is 9.97 Å². The molecule has 0 unspecified atom stereocenters. The Morgan fingerprint density at radius 1 is 0.958 bits per heavy atom. The van der Waals surface area contributed by atoms with Gasteiger partial charge in [-0.1, -0.05) is 30.3 Å². The van der Waals surface area contributed by atoms with Gasteiger partial charge in [0.1, 0.15) is 4.83 Å². The number of hydrogen-bond acceptors (Lipinski definition) is 3. The van der Waals surface area contributed by atoms with Crippen LogP contribution in [0.1, 0.15) is 0 Å². The molecule has 4 nitrogen and oxygen atoms in total. The van der Waals surface area contributed by atoms with Crippen molar-refractivity contribution in [2.75, 3.05) is 0 Å². The largest absolute Gasteiger partial charge is 0.311 e. The third-order valence-electron chi connectivity index (χ3n) is 4.79. The summed E-state index contributed by atoms with van der Waals surface area (Å²) in [5.74, 6) is 0.954. The van der Waals surface area contributed by atoms with E-state index in [1.165, 1.54) is 21.0 Å². The predicted molar refractivity (Wildman–Crippen MR) is 99.9 cm³/mol. The number of nitrogens with zero attached hydrogens (tertiary/aromatic N) is 4. The molecule has 114 valence electrons. The Kier molecular flexibility index (Phi) is 2.15. The fraction of sp³-hybridized carbons (Fsp3) is 0.0526. The first-order valence-corrected chi connectivity index (χ1v) is 8.66. The minimum Gasteiger partial charge on any atom is -0.311 e. The number of para-hydroxylation sites is 2. The molecule has 0 saturated carbocycles. The van der Waals surface area contributed by atoms with Crippen LogP contribution in [0.4, 0.5) is 0 Å². The average Bonchev–Trinajstić information content (AvgIpc) is 3.25. The molecule has 0 fully saturated rings. The van der Waals surface area contributed by atoms with Gasteiger partial charge in [0, 0.05) is 22.5 Å². The number of imidazole rings is 2. The van der Waals surface area contributed by atoms with Crippen molar-refractivity contribution in [2.24, 2.45) is 7.05 Å². The molecule has 0 radical (unpaired) electrons. The number of aryl methyl sites for hydroxylation is 1. The summed E-state index contributed by atoms with van der Waals surface area (Å²) in [6, 6.07) is 16.8. The van der Waals surface area contributed by atoms with Crippen LogP contribution in [0.3, 0.4) is 0 Å². The molecule has 0 bridgehead atoms. The second-order valence-corrected chi connectivity index (χ2v) is 7.10. The first kappa shape index (κ1) is 12.5. The summed E-state index contributed by atoms with van der Waals surface area (Å²) in [7, 11) is 2.06. The zero-order valence-electron chi connectivity index (χ0n) is 12.9. The van der Waals surface area contributed by atoms with E-state index in [-0.39, 0.29) is 0 Å². The Hall–Kier alpha value is -2.92. The Morgan fingerprint density at radius 3 is 2.75 bits per heavy atom. The van der Waals surface area contributed by atoms with Crippen molar-refractivity contribution in [3.8, 4) is 0 Å². The summed E-state index contributed by atoms with van der Waals surface area (Å²) in [5.41, 5.74) is 4.47. The first-order chi connectivity index (χ1) is 11.8. The normalized spacial score (nSPS) is 12.4. The molecule has 0 spiro atoms. The van der Waals surface area contributed by atoms with E-state index in [0.29, 0.717) is 0 Å². The lowest BCUT2D eigenvalue weighted by atomic mass is 10.2. The van der Waals surface area contributed by atoms with Crippen LogP contribution in [0, 0.1) is 0 Å². The highest BCUT2D eigenvalue weighted by Gasteiger charge is 2.18. The van der Waals surface area contributed by atoms with Crippen LogP contribution < -0.4 is 0 Å². The molecule has 0 aliphatic heterocycles. The van der Waals surface area contributed by atoms with Crippen LogP contribution in [-0.4, -0.2) is 18.9 Å². The van der Waals surface area contributed by atoms with Gasteiger partial charge in [-0.2, -0.15) is 0 Å². The Labute approximate surface area is 140 Å². The van der Waals surface area contributed by atoms with E-state index >= 15 is 0 Å². The van der Waals surface area contributed by atoms with Gasteiger partial charge >= 0.3 is 0 Å². The molecule has 0 N–H and O–H groups in total. The molecule has 6 rings (SSSR count). The lowest BCUT2D eigenvalue weighted by Crippen LogP contribution is -1.88. The van der Waals surface area contributed by atoms with Gasteiger partial charge in [0.15, 0.2) is 0 Å². The number of hydrogen-bond donors (Lipinski definition) is 0. The maximum atomic E-state index is 4.82. The average molecular weight is 328 g/mol. The van der Waals surface area contributed by atoms with E-state index in [1.54, 1.807) is 11.3 Å². The summed E-state index contributed by atoms with van der Waals surface area (Å²) in [6.45, 7) is 0. The Bertz CT molecular complexity index is 1420. The third-order valence-corrected chi connectivity index (χ3v) is 5.87. The highest BCUT2D eigenvalue weighted by Crippen LogP contribution is 2.38. The van der Waals surface area contributed by atoms with Crippen LogP contribution in [0.15, 0.2) is 54.7 Å². The van der Waals surface area contributed by atoms with Gasteiger partial charge in [-0.25, -0.2) is 9.97 Å². The van der Waals surface area contributed by atoms with Crippen LogP contribution in [0.25, 0.3) is 48.1 Å². The highest BCUT2D eigenvalue weighted by atomic mass is 32.1. The molecular weight excluding hydrogens is 316 g/mol. The monoisotopic (exact) mass is 328 g/mol. The highest BCUT2D eigenvalue weighted by molar-refractivity contribution is 7.25. The number of benzene rings is 2. The van der Waals surface area contributed by atoms with Crippen LogP contribution in [0.2, 0.25) is 0 Å². The maximum absolute atomic E-state index is 4.82. The molecule has 4 aromatic heterocycles. The van der Waals surface area contributed by atoms with Gasteiger partial charge in [0.25, 0.3) is 0 Å². The van der Waals surface area contributed by atoms with Gasteiger partial charge in [-0.05, 0) is 18.2 Å². The van der Waals surface area contributed by atoms with Crippen molar-refractivity contribution in [1.29, 1.82) is 0 Å².